The van der Waals surface area contributed by atoms with Gasteiger partial charge in [-0.2, -0.15) is 0 Å². The molecule has 31 heavy (non-hydrogen) atoms. The monoisotopic (exact) mass is 430 g/mol. The number of hydrogen-bond acceptors (Lipinski definition) is 4. The van der Waals surface area contributed by atoms with Gasteiger partial charge in [0.25, 0.3) is 5.91 Å². The molecule has 0 spiro atoms. The number of alkyl halides is 3. The summed E-state index contributed by atoms with van der Waals surface area (Å²) in [6, 6.07) is 7.61. The van der Waals surface area contributed by atoms with Gasteiger partial charge in [0.15, 0.2) is 0 Å². The normalized spacial score (nSPS) is 23.3. The number of carbonyl (C=O) groups is 1. The summed E-state index contributed by atoms with van der Waals surface area (Å²) < 4.78 is 41.2. The first-order chi connectivity index (χ1) is 14.8. The van der Waals surface area contributed by atoms with Crippen LogP contribution in [0.15, 0.2) is 42.7 Å². The first-order valence-electron chi connectivity index (χ1n) is 10.2. The van der Waals surface area contributed by atoms with Crippen LogP contribution >= 0.6 is 0 Å². The van der Waals surface area contributed by atoms with Gasteiger partial charge in [-0.25, -0.2) is 4.98 Å². The predicted octanol–water partition coefficient (Wildman–Crippen LogP) is 4.59. The Balaban J connectivity index is 1.36. The van der Waals surface area contributed by atoms with Gasteiger partial charge in [-0.05, 0) is 61.4 Å². The molecule has 5 rings (SSSR count). The van der Waals surface area contributed by atoms with Gasteiger partial charge in [0.05, 0.1) is 5.56 Å². The fraction of sp³-hybridized carbons (Fsp3) is 0.364. The van der Waals surface area contributed by atoms with E-state index in [4.69, 9.17) is 5.73 Å². The maximum absolute atomic E-state index is 13.3. The predicted molar refractivity (Wildman–Crippen MR) is 109 cm³/mol. The number of anilines is 1. The van der Waals surface area contributed by atoms with Crippen molar-refractivity contribution in [3.8, 4) is 5.75 Å². The SMILES string of the molecule is Nc1cc(OC(F)(F)F)ccc1C(=O)N1C2CCC1CC(c1c[nH]c3ncccc13)C2. The minimum absolute atomic E-state index is 0.0176. The average molecular weight is 430 g/mol. The molecule has 2 atom stereocenters. The molecule has 9 heteroatoms. The van der Waals surface area contributed by atoms with Crippen molar-refractivity contribution in [3.63, 3.8) is 0 Å². The van der Waals surface area contributed by atoms with Crippen molar-refractivity contribution in [1.29, 1.82) is 0 Å². The van der Waals surface area contributed by atoms with E-state index in [1.807, 2.05) is 17.2 Å². The molecule has 1 amide bonds. The summed E-state index contributed by atoms with van der Waals surface area (Å²) in [5, 5.41) is 1.11. The highest BCUT2D eigenvalue weighted by Gasteiger charge is 2.44. The fourth-order valence-electron chi connectivity index (χ4n) is 5.15. The van der Waals surface area contributed by atoms with Crippen LogP contribution in [0.3, 0.4) is 0 Å². The molecule has 6 nitrogen and oxygen atoms in total. The lowest BCUT2D eigenvalue weighted by atomic mass is 9.84. The van der Waals surface area contributed by atoms with Gasteiger partial charge in [-0.15, -0.1) is 13.2 Å². The number of nitrogens with two attached hydrogens (primary N) is 1. The Morgan fingerprint density at radius 1 is 1.19 bits per heavy atom. The number of carbonyl (C=O) groups excluding carboxylic acids is 1. The van der Waals surface area contributed by atoms with Gasteiger partial charge in [0, 0.05) is 41.6 Å². The molecular formula is C22H21F3N4O2. The van der Waals surface area contributed by atoms with Crippen LogP contribution in [0.4, 0.5) is 18.9 Å². The number of amides is 1. The molecule has 2 aromatic heterocycles. The summed E-state index contributed by atoms with van der Waals surface area (Å²) in [5.74, 6) is -0.349. The smallest absolute Gasteiger partial charge is 0.406 e. The van der Waals surface area contributed by atoms with Gasteiger partial charge in [0.1, 0.15) is 11.4 Å². The Hall–Kier alpha value is -3.23. The van der Waals surface area contributed by atoms with Gasteiger partial charge in [-0.3, -0.25) is 4.79 Å². The van der Waals surface area contributed by atoms with E-state index in [0.717, 1.165) is 48.8 Å². The summed E-state index contributed by atoms with van der Waals surface area (Å²) in [6.45, 7) is 0. The number of fused-ring (bicyclic) bond motifs is 3. The Morgan fingerprint density at radius 3 is 2.61 bits per heavy atom. The van der Waals surface area contributed by atoms with Crippen LogP contribution < -0.4 is 10.5 Å². The zero-order valence-electron chi connectivity index (χ0n) is 16.5. The van der Waals surface area contributed by atoms with Crippen molar-refractivity contribution in [2.75, 3.05) is 5.73 Å². The first kappa shape index (κ1) is 19.7. The van der Waals surface area contributed by atoms with E-state index in [0.29, 0.717) is 5.92 Å². The first-order valence-corrected chi connectivity index (χ1v) is 10.2. The molecule has 0 radical (unpaired) electrons. The van der Waals surface area contributed by atoms with Gasteiger partial charge in [-0.1, -0.05) is 0 Å². The van der Waals surface area contributed by atoms with Crippen molar-refractivity contribution < 1.29 is 22.7 Å². The van der Waals surface area contributed by atoms with Crippen molar-refractivity contribution in [2.45, 2.75) is 50.0 Å². The lowest BCUT2D eigenvalue weighted by Crippen LogP contribution is -2.46. The van der Waals surface area contributed by atoms with Gasteiger partial charge >= 0.3 is 6.36 Å². The maximum Gasteiger partial charge on any atom is 0.573 e. The minimum Gasteiger partial charge on any atom is -0.406 e. The van der Waals surface area contributed by atoms with E-state index >= 15 is 0 Å². The topological polar surface area (TPSA) is 84.2 Å². The highest BCUT2D eigenvalue weighted by atomic mass is 19.4. The van der Waals surface area contributed by atoms with E-state index in [-0.39, 0.29) is 29.2 Å². The molecule has 2 saturated heterocycles. The molecule has 1 aromatic carbocycles. The highest BCUT2D eigenvalue weighted by molar-refractivity contribution is 6.00. The quantitative estimate of drug-likeness (QED) is 0.595. The molecule has 162 valence electrons. The molecule has 2 aliphatic rings. The van der Waals surface area contributed by atoms with E-state index in [1.165, 1.54) is 11.6 Å². The number of aromatic amines is 1. The van der Waals surface area contributed by atoms with Gasteiger partial charge in [0.2, 0.25) is 0 Å². The molecule has 3 N–H and O–H groups in total. The molecule has 0 saturated carbocycles. The lowest BCUT2D eigenvalue weighted by Gasteiger charge is -2.39. The molecule has 2 fully saturated rings. The fourth-order valence-corrected chi connectivity index (χ4v) is 5.15. The van der Waals surface area contributed by atoms with E-state index < -0.39 is 12.1 Å². The number of nitrogen functional groups attached to an aromatic ring is 1. The second-order valence-electron chi connectivity index (χ2n) is 8.21. The third-order valence-electron chi connectivity index (χ3n) is 6.38. The maximum atomic E-state index is 13.3. The Morgan fingerprint density at radius 2 is 1.94 bits per heavy atom. The van der Waals surface area contributed by atoms with Crippen LogP contribution in [0.5, 0.6) is 5.75 Å². The van der Waals surface area contributed by atoms with Crippen LogP contribution in [0.2, 0.25) is 0 Å². The number of rotatable bonds is 3. The number of benzene rings is 1. The number of nitrogens with zero attached hydrogens (tertiary/aromatic N) is 2. The Bertz CT molecular complexity index is 1130. The second-order valence-corrected chi connectivity index (χ2v) is 8.21. The van der Waals surface area contributed by atoms with Gasteiger partial charge < -0.3 is 20.4 Å². The molecule has 2 unspecified atom stereocenters. The summed E-state index contributed by atoms with van der Waals surface area (Å²) in [7, 11) is 0. The van der Waals surface area contributed by atoms with Crippen molar-refractivity contribution in [2.24, 2.45) is 0 Å². The third-order valence-corrected chi connectivity index (χ3v) is 6.38. The van der Waals surface area contributed by atoms with Crippen LogP contribution in [0.1, 0.15) is 47.5 Å². The zero-order valence-corrected chi connectivity index (χ0v) is 16.5. The third kappa shape index (κ3) is 3.58. The number of H-pyrrole nitrogens is 1. The van der Waals surface area contributed by atoms with Crippen LogP contribution in [0, 0.1) is 0 Å². The van der Waals surface area contributed by atoms with Crippen molar-refractivity contribution in [1.82, 2.24) is 14.9 Å². The summed E-state index contributed by atoms with van der Waals surface area (Å²) >= 11 is 0. The molecule has 4 heterocycles. The number of ether oxygens (including phenoxy) is 1. The number of pyridine rings is 1. The number of piperidine rings is 1. The summed E-state index contributed by atoms with van der Waals surface area (Å²) in [6.07, 6.45) is 2.43. The van der Waals surface area contributed by atoms with Crippen molar-refractivity contribution >= 4 is 22.6 Å². The van der Waals surface area contributed by atoms with E-state index in [1.54, 1.807) is 6.20 Å². The lowest BCUT2D eigenvalue weighted by molar-refractivity contribution is -0.274. The number of hydrogen-bond donors (Lipinski definition) is 2. The largest absolute Gasteiger partial charge is 0.573 e. The Labute approximate surface area is 176 Å². The van der Waals surface area contributed by atoms with Crippen LogP contribution in [-0.4, -0.2) is 39.2 Å². The molecular weight excluding hydrogens is 409 g/mol. The van der Waals surface area contributed by atoms with Crippen LogP contribution in [0.25, 0.3) is 11.0 Å². The molecule has 3 aromatic rings. The molecule has 2 bridgehead atoms. The number of aromatic nitrogens is 2. The standard InChI is InChI=1S/C22H21F3N4O2/c23-22(24,25)31-15-5-6-17(19(26)10-15)21(30)29-13-3-4-14(29)9-12(8-13)18-11-28-20-16(18)2-1-7-27-20/h1-2,5-7,10-14H,3-4,8-9,26H2,(H,27,28). The summed E-state index contributed by atoms with van der Waals surface area (Å²) in [5.41, 5.74) is 8.19. The Kier molecular flexibility index (Phi) is 4.56. The average Bonchev–Trinajstić information content (AvgIpc) is 3.25. The van der Waals surface area contributed by atoms with Crippen LogP contribution in [-0.2, 0) is 0 Å². The number of halogens is 3. The van der Waals surface area contributed by atoms with E-state index in [2.05, 4.69) is 20.8 Å². The molecule has 0 aliphatic carbocycles. The number of nitrogens with one attached hydrogen (secondary N) is 1. The summed E-state index contributed by atoms with van der Waals surface area (Å²) in [4.78, 5) is 22.7. The van der Waals surface area contributed by atoms with Crippen molar-refractivity contribution in [3.05, 3.63) is 53.9 Å². The molecule has 2 aliphatic heterocycles. The minimum atomic E-state index is -4.81. The highest BCUT2D eigenvalue weighted by Crippen LogP contribution is 2.45. The van der Waals surface area contributed by atoms with E-state index in [9.17, 15) is 18.0 Å². The zero-order chi connectivity index (χ0) is 21.8. The second kappa shape index (κ2) is 7.18.